The summed E-state index contributed by atoms with van der Waals surface area (Å²) < 4.78 is 44.2. The second kappa shape index (κ2) is 12.5. The van der Waals surface area contributed by atoms with Crippen molar-refractivity contribution >= 4 is 35.0 Å². The Labute approximate surface area is 262 Å². The van der Waals surface area contributed by atoms with Gasteiger partial charge in [-0.3, -0.25) is 19.1 Å². The maximum absolute atomic E-state index is 13.9. The number of benzene rings is 1. The van der Waals surface area contributed by atoms with E-state index in [0.29, 0.717) is 38.6 Å². The smallest absolute Gasteiger partial charge is 0.338 e. The van der Waals surface area contributed by atoms with Crippen molar-refractivity contribution in [2.24, 2.45) is 13.0 Å². The van der Waals surface area contributed by atoms with Gasteiger partial charge in [-0.1, -0.05) is 18.0 Å². The maximum Gasteiger partial charge on any atom is 0.435 e. The molecule has 3 amide bonds. The standard InChI is InChI=1S/C30H34ClF3N8O3/c1-39-24(21-17-42(16-18-4-2-5-18)38-25(21)30(32,33)34)15-36-26(39)27(43)37-19-7-8-20(22(31)14-19)28(44)40-10-12-41(13-11-40)29(45)23-6-3-9-35-23/h7-8,14-15,17-18,23,35H,2-6,9-13,16H2,1H3,(H,37,43)/t23-/m0/s1. The molecule has 240 valence electrons. The number of halogens is 4. The van der Waals surface area contributed by atoms with Crippen LogP contribution in [0.3, 0.4) is 0 Å². The van der Waals surface area contributed by atoms with E-state index < -0.39 is 17.8 Å². The number of nitrogens with one attached hydrogen (secondary N) is 2. The number of hydrogen-bond donors (Lipinski definition) is 2. The third kappa shape index (κ3) is 6.43. The molecule has 3 aliphatic rings. The Hall–Kier alpha value is -3.91. The summed E-state index contributed by atoms with van der Waals surface area (Å²) in [6.45, 7) is 2.87. The number of alkyl halides is 3. The number of imidazole rings is 1. The fraction of sp³-hybridized carbons (Fsp3) is 0.500. The van der Waals surface area contributed by atoms with Gasteiger partial charge in [0.25, 0.3) is 11.8 Å². The Bertz CT molecular complexity index is 1600. The number of rotatable bonds is 7. The highest BCUT2D eigenvalue weighted by Gasteiger charge is 2.39. The highest BCUT2D eigenvalue weighted by molar-refractivity contribution is 6.34. The molecular formula is C30H34ClF3N8O3. The van der Waals surface area contributed by atoms with Crippen LogP contribution in [0.2, 0.25) is 5.02 Å². The summed E-state index contributed by atoms with van der Waals surface area (Å²) in [5, 5.41) is 9.82. The van der Waals surface area contributed by atoms with E-state index >= 15 is 0 Å². The van der Waals surface area contributed by atoms with Gasteiger partial charge in [-0.25, -0.2) is 4.98 Å². The molecule has 0 radical (unpaired) electrons. The van der Waals surface area contributed by atoms with Crippen molar-refractivity contribution < 1.29 is 27.6 Å². The van der Waals surface area contributed by atoms with Gasteiger partial charge in [0.2, 0.25) is 5.91 Å². The number of anilines is 1. The van der Waals surface area contributed by atoms with E-state index in [4.69, 9.17) is 11.6 Å². The van der Waals surface area contributed by atoms with E-state index in [-0.39, 0.29) is 51.2 Å². The Balaban J connectivity index is 1.11. The minimum Gasteiger partial charge on any atom is -0.338 e. The van der Waals surface area contributed by atoms with Crippen LogP contribution in [0.4, 0.5) is 18.9 Å². The third-order valence-electron chi connectivity index (χ3n) is 8.86. The summed E-state index contributed by atoms with van der Waals surface area (Å²) in [5.41, 5.74) is -0.530. The first kappa shape index (κ1) is 31.1. The Morgan fingerprint density at radius 2 is 1.80 bits per heavy atom. The van der Waals surface area contributed by atoms with Gasteiger partial charge in [-0.15, -0.1) is 0 Å². The van der Waals surface area contributed by atoms with E-state index in [1.807, 2.05) is 0 Å². The van der Waals surface area contributed by atoms with Crippen molar-refractivity contribution in [1.82, 2.24) is 34.4 Å². The SMILES string of the molecule is Cn1c(-c2cn(CC3CCC3)nc2C(F)(F)F)cnc1C(=O)Nc1ccc(C(=O)N2CCN(C(=O)[C@@H]3CCCN3)CC2)c(Cl)c1. The predicted octanol–water partition coefficient (Wildman–Crippen LogP) is 4.04. The molecule has 0 spiro atoms. The first-order valence-electron chi connectivity index (χ1n) is 15.1. The summed E-state index contributed by atoms with van der Waals surface area (Å²) in [6, 6.07) is 4.32. The minimum absolute atomic E-state index is 0.0670. The quantitative estimate of drug-likeness (QED) is 0.400. The number of piperazine rings is 1. The Kier molecular flexibility index (Phi) is 8.61. The lowest BCUT2D eigenvalue weighted by Crippen LogP contribution is -2.54. The molecule has 1 atom stereocenters. The van der Waals surface area contributed by atoms with Gasteiger partial charge in [-0.2, -0.15) is 18.3 Å². The van der Waals surface area contributed by atoms with E-state index in [1.54, 1.807) is 9.80 Å². The normalized spacial score (nSPS) is 19.1. The summed E-state index contributed by atoms with van der Waals surface area (Å²) in [5.74, 6) is -0.679. The molecule has 4 heterocycles. The highest BCUT2D eigenvalue weighted by Crippen LogP contribution is 2.37. The maximum atomic E-state index is 13.9. The molecule has 0 bridgehead atoms. The van der Waals surface area contributed by atoms with Crippen LogP contribution in [0.25, 0.3) is 11.3 Å². The number of carbonyl (C=O) groups is 3. The van der Waals surface area contributed by atoms with Crippen molar-refractivity contribution in [1.29, 1.82) is 0 Å². The van der Waals surface area contributed by atoms with Crippen LogP contribution in [0.5, 0.6) is 0 Å². The van der Waals surface area contributed by atoms with E-state index in [0.717, 1.165) is 38.6 Å². The Morgan fingerprint density at radius 3 is 2.42 bits per heavy atom. The number of carbonyl (C=O) groups excluding carboxylic acids is 3. The minimum atomic E-state index is -4.68. The monoisotopic (exact) mass is 646 g/mol. The zero-order valence-corrected chi connectivity index (χ0v) is 25.5. The summed E-state index contributed by atoms with van der Waals surface area (Å²) in [4.78, 5) is 46.5. The van der Waals surface area contributed by atoms with E-state index in [2.05, 4.69) is 20.7 Å². The molecule has 2 aromatic heterocycles. The van der Waals surface area contributed by atoms with Gasteiger partial charge in [0.05, 0.1) is 34.1 Å². The molecule has 2 N–H and O–H groups in total. The second-order valence-electron chi connectivity index (χ2n) is 11.8. The molecule has 2 saturated heterocycles. The van der Waals surface area contributed by atoms with Crippen molar-refractivity contribution in [3.63, 3.8) is 0 Å². The van der Waals surface area contributed by atoms with Crippen molar-refractivity contribution in [2.45, 2.75) is 50.9 Å². The van der Waals surface area contributed by atoms with Gasteiger partial charge in [-0.05, 0) is 56.3 Å². The molecule has 45 heavy (non-hydrogen) atoms. The molecule has 6 rings (SSSR count). The number of amides is 3. The van der Waals surface area contributed by atoms with Crippen LogP contribution in [-0.2, 0) is 24.6 Å². The van der Waals surface area contributed by atoms with Gasteiger partial charge >= 0.3 is 6.18 Å². The fourth-order valence-corrected chi connectivity index (χ4v) is 6.35. The molecule has 1 saturated carbocycles. The molecule has 2 aliphatic heterocycles. The zero-order chi connectivity index (χ0) is 31.9. The molecule has 1 aliphatic carbocycles. The number of aromatic nitrogens is 4. The predicted molar refractivity (Wildman–Crippen MR) is 160 cm³/mol. The molecule has 15 heteroatoms. The van der Waals surface area contributed by atoms with Crippen molar-refractivity contribution in [3.05, 3.63) is 52.7 Å². The summed E-state index contributed by atoms with van der Waals surface area (Å²) in [6.07, 6.45) is 2.69. The third-order valence-corrected chi connectivity index (χ3v) is 9.17. The van der Waals surface area contributed by atoms with Crippen LogP contribution in [0.15, 0.2) is 30.6 Å². The molecule has 3 fully saturated rings. The topological polar surface area (TPSA) is 117 Å². The first-order valence-corrected chi connectivity index (χ1v) is 15.5. The summed E-state index contributed by atoms with van der Waals surface area (Å²) in [7, 11) is 1.47. The van der Waals surface area contributed by atoms with Gasteiger partial charge in [0, 0.05) is 51.7 Å². The zero-order valence-electron chi connectivity index (χ0n) is 24.7. The highest BCUT2D eigenvalue weighted by atomic mass is 35.5. The average Bonchev–Trinajstić information content (AvgIpc) is 3.74. The van der Waals surface area contributed by atoms with Crippen molar-refractivity contribution in [2.75, 3.05) is 38.0 Å². The van der Waals surface area contributed by atoms with E-state index in [1.165, 1.54) is 46.9 Å². The molecule has 3 aromatic rings. The Morgan fingerprint density at radius 1 is 1.07 bits per heavy atom. The molecule has 0 unspecified atom stereocenters. The lowest BCUT2D eigenvalue weighted by atomic mass is 9.85. The lowest BCUT2D eigenvalue weighted by molar-refractivity contribution is -0.141. The molecule has 1 aromatic carbocycles. The number of hydrogen-bond acceptors (Lipinski definition) is 6. The fourth-order valence-electron chi connectivity index (χ4n) is 6.09. The number of nitrogens with zero attached hydrogens (tertiary/aromatic N) is 6. The largest absolute Gasteiger partial charge is 0.435 e. The second-order valence-corrected chi connectivity index (χ2v) is 12.3. The van der Waals surface area contributed by atoms with Gasteiger partial charge in [0.15, 0.2) is 11.5 Å². The van der Waals surface area contributed by atoms with Crippen LogP contribution in [0.1, 0.15) is 58.8 Å². The van der Waals surface area contributed by atoms with Gasteiger partial charge < -0.3 is 25.0 Å². The average molecular weight is 647 g/mol. The summed E-state index contributed by atoms with van der Waals surface area (Å²) >= 11 is 6.46. The first-order chi connectivity index (χ1) is 21.5. The van der Waals surface area contributed by atoms with E-state index in [9.17, 15) is 27.6 Å². The van der Waals surface area contributed by atoms with Crippen LogP contribution < -0.4 is 10.6 Å². The van der Waals surface area contributed by atoms with Crippen LogP contribution >= 0.6 is 11.6 Å². The molecule has 11 nitrogen and oxygen atoms in total. The molecular weight excluding hydrogens is 613 g/mol. The van der Waals surface area contributed by atoms with Gasteiger partial charge in [0.1, 0.15) is 0 Å². The lowest BCUT2D eigenvalue weighted by Gasteiger charge is -2.36. The van der Waals surface area contributed by atoms with Crippen molar-refractivity contribution in [3.8, 4) is 11.3 Å². The van der Waals surface area contributed by atoms with Crippen LogP contribution in [-0.4, -0.2) is 85.6 Å². The van der Waals surface area contributed by atoms with Crippen LogP contribution in [0, 0.1) is 5.92 Å².